The molecule has 1 aliphatic heterocycles. The Morgan fingerprint density at radius 3 is 2.79 bits per heavy atom. The van der Waals surface area contributed by atoms with Gasteiger partial charge in [0.1, 0.15) is 23.9 Å². The number of fused-ring (bicyclic) bond motifs is 1. The monoisotopic (exact) mass is 534 g/mol. The maximum atomic E-state index is 13.9. The molecule has 3 aromatic heterocycles. The van der Waals surface area contributed by atoms with Crippen LogP contribution in [0.15, 0.2) is 42.9 Å². The minimum Gasteiger partial charge on any atom is -0.470 e. The van der Waals surface area contributed by atoms with Crippen LogP contribution in [-0.2, 0) is 6.54 Å². The van der Waals surface area contributed by atoms with Gasteiger partial charge in [-0.3, -0.25) is 9.78 Å². The van der Waals surface area contributed by atoms with E-state index in [0.29, 0.717) is 64.9 Å². The quantitative estimate of drug-likeness (QED) is 0.329. The minimum atomic E-state index is -0.993. The standard InChI is InChI=1S/C28H28ClFN6O2/c1-17-7-10-31-20(12-17)15-36-24(34-23-25(36)32-16-33-26(23)38-28(2)8-9-28)21-6-5-18(13-22(21)29)27(37)35-11-3-4-19(30)14-35/h5-7,10,12-13,16,19H,3-4,8-9,11,14-15H2,1-2H3/t19-/m0/s1. The molecule has 38 heavy (non-hydrogen) atoms. The van der Waals surface area contributed by atoms with Crippen LogP contribution >= 0.6 is 11.6 Å². The summed E-state index contributed by atoms with van der Waals surface area (Å²) in [6.45, 7) is 5.12. The van der Waals surface area contributed by atoms with Crippen LogP contribution in [0, 0.1) is 6.92 Å². The maximum Gasteiger partial charge on any atom is 0.254 e. The van der Waals surface area contributed by atoms with Crippen molar-refractivity contribution in [2.45, 2.75) is 57.8 Å². The molecule has 1 saturated carbocycles. The first-order valence-corrected chi connectivity index (χ1v) is 13.2. The largest absolute Gasteiger partial charge is 0.470 e. The van der Waals surface area contributed by atoms with Crippen molar-refractivity contribution in [1.29, 1.82) is 0 Å². The fourth-order valence-electron chi connectivity index (χ4n) is 4.83. The van der Waals surface area contributed by atoms with Crippen LogP contribution in [0.5, 0.6) is 5.88 Å². The second-order valence-electron chi connectivity index (χ2n) is 10.4. The molecule has 10 heteroatoms. The smallest absolute Gasteiger partial charge is 0.254 e. The van der Waals surface area contributed by atoms with Gasteiger partial charge >= 0.3 is 0 Å². The van der Waals surface area contributed by atoms with Crippen molar-refractivity contribution in [2.24, 2.45) is 0 Å². The van der Waals surface area contributed by atoms with Crippen LogP contribution in [0.4, 0.5) is 4.39 Å². The molecule has 6 rings (SSSR count). The highest BCUT2D eigenvalue weighted by atomic mass is 35.5. The molecule has 0 spiro atoms. The molecule has 0 N–H and O–H groups in total. The van der Waals surface area contributed by atoms with Gasteiger partial charge in [0.25, 0.3) is 5.91 Å². The first kappa shape index (κ1) is 24.7. The average molecular weight is 535 g/mol. The molecule has 8 nitrogen and oxygen atoms in total. The first-order chi connectivity index (χ1) is 18.3. The Balaban J connectivity index is 1.42. The van der Waals surface area contributed by atoms with E-state index in [9.17, 15) is 9.18 Å². The molecule has 1 saturated heterocycles. The van der Waals surface area contributed by atoms with E-state index in [1.807, 2.05) is 23.6 Å². The molecule has 1 aromatic carbocycles. The van der Waals surface area contributed by atoms with Crippen molar-refractivity contribution in [3.8, 4) is 17.3 Å². The van der Waals surface area contributed by atoms with Crippen molar-refractivity contribution in [1.82, 2.24) is 29.4 Å². The van der Waals surface area contributed by atoms with Gasteiger partial charge < -0.3 is 14.2 Å². The number of benzene rings is 1. The van der Waals surface area contributed by atoms with Crippen molar-refractivity contribution < 1.29 is 13.9 Å². The van der Waals surface area contributed by atoms with E-state index in [2.05, 4.69) is 21.9 Å². The lowest BCUT2D eigenvalue weighted by Gasteiger charge is -2.29. The number of aromatic nitrogens is 5. The summed E-state index contributed by atoms with van der Waals surface area (Å²) in [5, 5.41) is 0.364. The van der Waals surface area contributed by atoms with E-state index in [1.54, 1.807) is 29.3 Å². The second-order valence-corrected chi connectivity index (χ2v) is 10.8. The minimum absolute atomic E-state index is 0.109. The van der Waals surface area contributed by atoms with Gasteiger partial charge in [-0.25, -0.2) is 14.4 Å². The Morgan fingerprint density at radius 1 is 1.21 bits per heavy atom. The highest BCUT2D eigenvalue weighted by molar-refractivity contribution is 6.33. The van der Waals surface area contributed by atoms with Crippen LogP contribution in [0.25, 0.3) is 22.6 Å². The third-order valence-electron chi connectivity index (χ3n) is 7.20. The number of alkyl halides is 1. The molecule has 4 aromatic rings. The number of amides is 1. The number of piperidine rings is 1. The van der Waals surface area contributed by atoms with Crippen LogP contribution in [0.3, 0.4) is 0 Å². The molecule has 1 amide bonds. The number of hydrogen-bond donors (Lipinski definition) is 0. The van der Waals surface area contributed by atoms with Gasteiger partial charge in [0.2, 0.25) is 5.88 Å². The van der Waals surface area contributed by atoms with Crippen LogP contribution in [0.2, 0.25) is 5.02 Å². The number of rotatable bonds is 6. The third-order valence-corrected chi connectivity index (χ3v) is 7.51. The number of pyridine rings is 1. The molecular weight excluding hydrogens is 507 g/mol. The Morgan fingerprint density at radius 2 is 2.05 bits per heavy atom. The van der Waals surface area contributed by atoms with Gasteiger partial charge in [-0.1, -0.05) is 11.6 Å². The van der Waals surface area contributed by atoms with Crippen molar-refractivity contribution in [3.63, 3.8) is 0 Å². The summed E-state index contributed by atoms with van der Waals surface area (Å²) in [5.41, 5.74) is 3.90. The number of aryl methyl sites for hydroxylation is 1. The Labute approximate surface area is 224 Å². The van der Waals surface area contributed by atoms with E-state index in [-0.39, 0.29) is 18.1 Å². The molecule has 2 aliphatic rings. The van der Waals surface area contributed by atoms with Gasteiger partial charge in [0.05, 0.1) is 23.8 Å². The molecule has 1 atom stereocenters. The Bertz CT molecular complexity index is 1540. The molecule has 0 unspecified atom stereocenters. The van der Waals surface area contributed by atoms with Crippen LogP contribution in [0.1, 0.15) is 54.2 Å². The van der Waals surface area contributed by atoms with Crippen molar-refractivity contribution >= 4 is 28.7 Å². The number of imidazole rings is 1. The lowest BCUT2D eigenvalue weighted by atomic mass is 10.1. The van der Waals surface area contributed by atoms with Gasteiger partial charge in [-0.15, -0.1) is 0 Å². The maximum absolute atomic E-state index is 13.9. The van der Waals surface area contributed by atoms with Crippen LogP contribution in [-0.4, -0.2) is 60.2 Å². The zero-order valence-electron chi connectivity index (χ0n) is 21.3. The van der Waals surface area contributed by atoms with E-state index in [1.165, 1.54) is 6.33 Å². The highest BCUT2D eigenvalue weighted by Gasteiger charge is 2.41. The summed E-state index contributed by atoms with van der Waals surface area (Å²) < 4.78 is 22.1. The molecule has 0 radical (unpaired) electrons. The number of nitrogens with zero attached hydrogens (tertiary/aromatic N) is 6. The SMILES string of the molecule is Cc1ccnc(Cn2c(-c3ccc(C(=O)N4CCC[C@H](F)C4)cc3Cl)nc3c(OC4(C)CC4)ncnc32)c1. The predicted octanol–water partition coefficient (Wildman–Crippen LogP) is 5.40. The summed E-state index contributed by atoms with van der Waals surface area (Å²) in [4.78, 5) is 33.0. The first-order valence-electron chi connectivity index (χ1n) is 12.8. The number of halogens is 2. The lowest BCUT2D eigenvalue weighted by molar-refractivity contribution is 0.0636. The van der Waals surface area contributed by atoms with E-state index in [0.717, 1.165) is 24.1 Å². The van der Waals surface area contributed by atoms with Crippen molar-refractivity contribution in [3.05, 3.63) is 64.7 Å². The number of likely N-dealkylation sites (tertiary alicyclic amines) is 1. The van der Waals surface area contributed by atoms with E-state index < -0.39 is 6.17 Å². The highest BCUT2D eigenvalue weighted by Crippen LogP contribution is 2.41. The topological polar surface area (TPSA) is 86.0 Å². The van der Waals surface area contributed by atoms with E-state index in [4.69, 9.17) is 21.3 Å². The van der Waals surface area contributed by atoms with Gasteiger partial charge in [0.15, 0.2) is 11.2 Å². The lowest BCUT2D eigenvalue weighted by Crippen LogP contribution is -2.40. The van der Waals surface area contributed by atoms with E-state index >= 15 is 0 Å². The Hall–Kier alpha value is -3.59. The number of carbonyl (C=O) groups is 1. The molecular formula is C28H28ClFN6O2. The van der Waals surface area contributed by atoms with Gasteiger partial charge in [-0.05, 0) is 75.4 Å². The van der Waals surface area contributed by atoms with Crippen LogP contribution < -0.4 is 4.74 Å². The number of carbonyl (C=O) groups excluding carboxylic acids is 1. The third kappa shape index (κ3) is 4.82. The summed E-state index contributed by atoms with van der Waals surface area (Å²) >= 11 is 6.78. The fraction of sp³-hybridized carbons (Fsp3) is 0.393. The predicted molar refractivity (Wildman–Crippen MR) is 142 cm³/mol. The van der Waals surface area contributed by atoms with Gasteiger partial charge in [0, 0.05) is 23.9 Å². The number of hydrogen-bond acceptors (Lipinski definition) is 6. The zero-order valence-corrected chi connectivity index (χ0v) is 22.1. The summed E-state index contributed by atoms with van der Waals surface area (Å²) in [6, 6.07) is 9.09. The molecule has 4 heterocycles. The molecule has 196 valence electrons. The second kappa shape index (κ2) is 9.62. The summed E-state index contributed by atoms with van der Waals surface area (Å²) in [5.74, 6) is 0.777. The molecule has 1 aliphatic carbocycles. The average Bonchev–Trinajstić information content (AvgIpc) is 3.51. The number of ether oxygens (including phenoxy) is 1. The van der Waals surface area contributed by atoms with Crippen molar-refractivity contribution in [2.75, 3.05) is 13.1 Å². The molecule has 2 fully saturated rings. The van der Waals surface area contributed by atoms with Gasteiger partial charge in [-0.2, -0.15) is 4.98 Å². The normalized spacial score (nSPS) is 18.5. The summed E-state index contributed by atoms with van der Waals surface area (Å²) in [6.07, 6.45) is 5.32. The zero-order chi connectivity index (χ0) is 26.4. The fourth-order valence-corrected chi connectivity index (χ4v) is 5.09. The Kier molecular flexibility index (Phi) is 6.26. The molecule has 0 bridgehead atoms. The summed E-state index contributed by atoms with van der Waals surface area (Å²) in [7, 11) is 0.